The highest BCUT2D eigenvalue weighted by atomic mass is 16.6. The fraction of sp³-hybridized carbons (Fsp3) is 0.357. The predicted octanol–water partition coefficient (Wildman–Crippen LogP) is 6.51. The average molecular weight is 451 g/mol. The van der Waals surface area contributed by atoms with Crippen molar-refractivity contribution >= 4 is 0 Å². The summed E-state index contributed by atoms with van der Waals surface area (Å²) in [6.07, 6.45) is 11.2. The molecule has 5 nitrogen and oxygen atoms in total. The summed E-state index contributed by atoms with van der Waals surface area (Å²) in [5, 5.41) is 0. The molecule has 0 aromatic heterocycles. The lowest BCUT2D eigenvalue weighted by Crippen LogP contribution is -2.11. The molecule has 1 aliphatic rings. The quantitative estimate of drug-likeness (QED) is 0.307. The third-order valence-corrected chi connectivity index (χ3v) is 4.91. The lowest BCUT2D eigenvalue weighted by atomic mass is 10.1. The van der Waals surface area contributed by atoms with Crippen molar-refractivity contribution in [1.29, 1.82) is 0 Å². The number of rotatable bonds is 14. The van der Waals surface area contributed by atoms with Crippen LogP contribution in [0.5, 0.6) is 23.0 Å². The first-order valence-electron chi connectivity index (χ1n) is 11.7. The van der Waals surface area contributed by atoms with Crippen LogP contribution in [0.2, 0.25) is 0 Å². The van der Waals surface area contributed by atoms with Crippen molar-refractivity contribution < 1.29 is 23.7 Å². The van der Waals surface area contributed by atoms with Crippen LogP contribution in [-0.2, 0) is 4.74 Å². The minimum absolute atomic E-state index is 0.392. The summed E-state index contributed by atoms with van der Waals surface area (Å²) in [6, 6.07) is 15.3. The largest absolute Gasteiger partial charge is 0.490 e. The molecule has 5 heteroatoms. The van der Waals surface area contributed by atoms with Crippen molar-refractivity contribution in [2.24, 2.45) is 0 Å². The summed E-state index contributed by atoms with van der Waals surface area (Å²) in [7, 11) is 0. The molecule has 0 spiro atoms. The van der Waals surface area contributed by atoms with E-state index >= 15 is 0 Å². The molecule has 0 saturated carbocycles. The Morgan fingerprint density at radius 1 is 0.576 bits per heavy atom. The molecule has 0 radical (unpaired) electrons. The zero-order valence-electron chi connectivity index (χ0n) is 19.6. The normalized spacial score (nSPS) is 12.9. The maximum atomic E-state index is 5.96. The molecule has 1 aliphatic carbocycles. The SMILES string of the molecule is CCCOc1ccccc1OCCOc1ccccc1OCCOC1=C(CC)C=CCC=C1. The summed E-state index contributed by atoms with van der Waals surface area (Å²) in [4.78, 5) is 0. The number of ether oxygens (including phenoxy) is 5. The Hall–Kier alpha value is -3.34. The summed E-state index contributed by atoms with van der Waals surface area (Å²) in [5.74, 6) is 3.76. The van der Waals surface area contributed by atoms with Crippen LogP contribution in [-0.4, -0.2) is 33.0 Å². The number of hydrogen-bond donors (Lipinski definition) is 0. The Morgan fingerprint density at radius 3 is 1.52 bits per heavy atom. The second kappa shape index (κ2) is 13.9. The van der Waals surface area contributed by atoms with Crippen molar-refractivity contribution in [2.75, 3.05) is 33.0 Å². The highest BCUT2D eigenvalue weighted by molar-refractivity contribution is 5.40. The van der Waals surface area contributed by atoms with Crippen LogP contribution < -0.4 is 18.9 Å². The van der Waals surface area contributed by atoms with E-state index in [1.807, 2.05) is 54.6 Å². The average Bonchev–Trinajstić information content (AvgIpc) is 3.09. The van der Waals surface area contributed by atoms with Crippen molar-refractivity contribution in [3.05, 3.63) is 84.2 Å². The maximum Gasteiger partial charge on any atom is 0.161 e. The summed E-state index contributed by atoms with van der Waals surface area (Å²) in [6.45, 7) is 6.55. The van der Waals surface area contributed by atoms with E-state index in [9.17, 15) is 0 Å². The van der Waals surface area contributed by atoms with Gasteiger partial charge in [0.2, 0.25) is 0 Å². The van der Waals surface area contributed by atoms with Crippen molar-refractivity contribution in [3.63, 3.8) is 0 Å². The minimum Gasteiger partial charge on any atom is -0.490 e. The molecule has 0 bridgehead atoms. The number of benzene rings is 2. The van der Waals surface area contributed by atoms with Gasteiger partial charge in [-0.3, -0.25) is 0 Å². The first-order valence-corrected chi connectivity index (χ1v) is 11.7. The number of hydrogen-bond acceptors (Lipinski definition) is 5. The van der Waals surface area contributed by atoms with E-state index in [-0.39, 0.29) is 0 Å². The summed E-state index contributed by atoms with van der Waals surface area (Å²) in [5.41, 5.74) is 1.20. The van der Waals surface area contributed by atoms with Crippen LogP contribution in [0.25, 0.3) is 0 Å². The van der Waals surface area contributed by atoms with Gasteiger partial charge >= 0.3 is 0 Å². The van der Waals surface area contributed by atoms with E-state index in [1.165, 1.54) is 5.57 Å². The van der Waals surface area contributed by atoms with E-state index < -0.39 is 0 Å². The number of para-hydroxylation sites is 4. The topological polar surface area (TPSA) is 46.2 Å². The van der Waals surface area contributed by atoms with Crippen molar-refractivity contribution in [2.45, 2.75) is 33.1 Å². The van der Waals surface area contributed by atoms with Crippen molar-refractivity contribution in [1.82, 2.24) is 0 Å². The fourth-order valence-electron chi connectivity index (χ4n) is 3.28. The lowest BCUT2D eigenvalue weighted by Gasteiger charge is -2.15. The van der Waals surface area contributed by atoms with Crippen LogP contribution in [0.3, 0.4) is 0 Å². The van der Waals surface area contributed by atoms with Gasteiger partial charge in [0.05, 0.1) is 6.61 Å². The van der Waals surface area contributed by atoms with Gasteiger partial charge in [-0.15, -0.1) is 0 Å². The molecule has 176 valence electrons. The molecule has 0 N–H and O–H groups in total. The standard InChI is InChI=1S/C28H34O5/c1-3-18-29-25-14-8-9-15-26(25)32-21-22-33-28-17-11-10-16-27(28)31-20-19-30-24-13-7-5-6-12-23(24)4-2/h6-17H,3-5,18-22H2,1-2H3. The van der Waals surface area contributed by atoms with Gasteiger partial charge < -0.3 is 23.7 Å². The molecule has 3 rings (SSSR count). The van der Waals surface area contributed by atoms with Crippen LogP contribution >= 0.6 is 0 Å². The van der Waals surface area contributed by atoms with Gasteiger partial charge in [0, 0.05) is 0 Å². The third-order valence-electron chi connectivity index (χ3n) is 4.91. The zero-order valence-corrected chi connectivity index (χ0v) is 19.6. The number of allylic oxidation sites excluding steroid dienone is 5. The van der Waals surface area contributed by atoms with Gasteiger partial charge in [-0.1, -0.05) is 56.3 Å². The molecular formula is C28H34O5. The first-order chi connectivity index (χ1) is 16.3. The highest BCUT2D eigenvalue weighted by Crippen LogP contribution is 2.28. The van der Waals surface area contributed by atoms with Crippen LogP contribution in [0, 0.1) is 0 Å². The second-order valence-electron chi connectivity index (χ2n) is 7.42. The van der Waals surface area contributed by atoms with E-state index in [2.05, 4.69) is 32.1 Å². The molecule has 0 aliphatic heterocycles. The van der Waals surface area contributed by atoms with Crippen LogP contribution in [0.1, 0.15) is 33.1 Å². The Morgan fingerprint density at radius 2 is 1.03 bits per heavy atom. The molecular weight excluding hydrogens is 416 g/mol. The molecule has 0 saturated heterocycles. The summed E-state index contributed by atoms with van der Waals surface area (Å²) >= 11 is 0. The van der Waals surface area contributed by atoms with E-state index in [0.29, 0.717) is 44.5 Å². The highest BCUT2D eigenvalue weighted by Gasteiger charge is 2.08. The van der Waals surface area contributed by atoms with E-state index in [1.54, 1.807) is 0 Å². The van der Waals surface area contributed by atoms with Crippen molar-refractivity contribution in [3.8, 4) is 23.0 Å². The van der Waals surface area contributed by atoms with Gasteiger partial charge in [0.25, 0.3) is 0 Å². The Balaban J connectivity index is 1.45. The second-order valence-corrected chi connectivity index (χ2v) is 7.42. The molecule has 2 aromatic carbocycles. The van der Waals surface area contributed by atoms with E-state index in [4.69, 9.17) is 23.7 Å². The molecule has 33 heavy (non-hydrogen) atoms. The maximum absolute atomic E-state index is 5.96. The monoisotopic (exact) mass is 450 g/mol. The van der Waals surface area contributed by atoms with Crippen LogP contribution in [0.4, 0.5) is 0 Å². The lowest BCUT2D eigenvalue weighted by molar-refractivity contribution is 0.155. The molecule has 0 amide bonds. The Labute approximate surface area is 197 Å². The van der Waals surface area contributed by atoms with E-state index in [0.717, 1.165) is 36.5 Å². The molecule has 0 fully saturated rings. The van der Waals surface area contributed by atoms with Gasteiger partial charge in [0.15, 0.2) is 23.0 Å². The van der Waals surface area contributed by atoms with Gasteiger partial charge in [-0.25, -0.2) is 0 Å². The van der Waals surface area contributed by atoms with Gasteiger partial charge in [-0.2, -0.15) is 0 Å². The molecule has 0 unspecified atom stereocenters. The summed E-state index contributed by atoms with van der Waals surface area (Å²) < 4.78 is 29.4. The zero-order chi connectivity index (χ0) is 23.1. The first kappa shape index (κ1) is 24.3. The fourth-order valence-corrected chi connectivity index (χ4v) is 3.28. The molecule has 0 heterocycles. The predicted molar refractivity (Wildman–Crippen MR) is 131 cm³/mol. The minimum atomic E-state index is 0.392. The Kier molecular flexibility index (Phi) is 10.3. The van der Waals surface area contributed by atoms with Crippen LogP contribution in [0.15, 0.2) is 84.2 Å². The smallest absolute Gasteiger partial charge is 0.161 e. The Bertz CT molecular complexity index is 945. The van der Waals surface area contributed by atoms with Gasteiger partial charge in [0.1, 0.15) is 32.2 Å². The molecule has 2 aromatic rings. The van der Waals surface area contributed by atoms with Gasteiger partial charge in [-0.05, 0) is 55.2 Å². The third kappa shape index (κ3) is 7.94. The molecule has 0 atom stereocenters.